The normalized spacial score (nSPS) is 11.8. The summed E-state index contributed by atoms with van der Waals surface area (Å²) in [6.45, 7) is 6.98. The second-order valence-electron chi connectivity index (χ2n) is 5.40. The van der Waals surface area contributed by atoms with Crippen molar-refractivity contribution < 1.29 is 9.50 Å². The van der Waals surface area contributed by atoms with Crippen LogP contribution in [0.2, 0.25) is 0 Å². The van der Waals surface area contributed by atoms with Crippen LogP contribution in [0.5, 0.6) is 5.75 Å². The number of hydrogen-bond acceptors (Lipinski definition) is 4. The van der Waals surface area contributed by atoms with E-state index >= 15 is 0 Å². The second kappa shape index (κ2) is 5.27. The van der Waals surface area contributed by atoms with Crippen molar-refractivity contribution in [3.05, 3.63) is 35.1 Å². The van der Waals surface area contributed by atoms with Crippen molar-refractivity contribution in [3.8, 4) is 16.3 Å². The molecule has 19 heavy (non-hydrogen) atoms. The maximum Gasteiger partial charge on any atom is 0.137 e. The molecule has 0 amide bonds. The van der Waals surface area contributed by atoms with E-state index in [0.29, 0.717) is 17.1 Å². The number of rotatable bonds is 3. The number of nitrogens with one attached hydrogen (secondary N) is 1. The van der Waals surface area contributed by atoms with E-state index in [4.69, 9.17) is 0 Å². The molecule has 0 saturated carbocycles. The van der Waals surface area contributed by atoms with Crippen LogP contribution in [0.15, 0.2) is 24.4 Å². The first kappa shape index (κ1) is 14.0. The van der Waals surface area contributed by atoms with Gasteiger partial charge in [-0.3, -0.25) is 0 Å². The standard InChI is InChI=1S/C14H17FN2OS/c1-14(2,3)17-8-10-7-16-13(19-10)11-5-4-9(18)6-12(11)15/h4-7,17-18H,8H2,1-3H3. The lowest BCUT2D eigenvalue weighted by atomic mass is 10.1. The third-order valence-corrected chi connectivity index (χ3v) is 3.56. The fourth-order valence-electron chi connectivity index (χ4n) is 1.54. The van der Waals surface area contributed by atoms with Gasteiger partial charge in [0.1, 0.15) is 16.6 Å². The van der Waals surface area contributed by atoms with Gasteiger partial charge in [-0.1, -0.05) is 0 Å². The number of nitrogens with zero attached hydrogens (tertiary/aromatic N) is 1. The minimum absolute atomic E-state index is 0.0357. The number of benzene rings is 1. The first-order valence-electron chi connectivity index (χ1n) is 6.04. The van der Waals surface area contributed by atoms with Crippen LogP contribution in [0.4, 0.5) is 4.39 Å². The lowest BCUT2D eigenvalue weighted by molar-refractivity contribution is 0.426. The van der Waals surface area contributed by atoms with Gasteiger partial charge >= 0.3 is 0 Å². The zero-order valence-electron chi connectivity index (χ0n) is 11.2. The van der Waals surface area contributed by atoms with Gasteiger partial charge in [-0.25, -0.2) is 9.37 Å². The fraction of sp³-hybridized carbons (Fsp3) is 0.357. The lowest BCUT2D eigenvalue weighted by Gasteiger charge is -2.19. The Morgan fingerprint density at radius 2 is 2.11 bits per heavy atom. The van der Waals surface area contributed by atoms with E-state index in [1.807, 2.05) is 0 Å². The molecule has 0 unspecified atom stereocenters. The average molecular weight is 280 g/mol. The van der Waals surface area contributed by atoms with E-state index < -0.39 is 5.82 Å². The number of halogens is 1. The molecule has 102 valence electrons. The fourth-order valence-corrected chi connectivity index (χ4v) is 2.42. The molecule has 0 saturated heterocycles. The average Bonchev–Trinajstić information content (AvgIpc) is 2.74. The van der Waals surface area contributed by atoms with Gasteiger partial charge in [-0.05, 0) is 32.9 Å². The Kier molecular flexibility index (Phi) is 3.87. The third kappa shape index (κ3) is 3.75. The van der Waals surface area contributed by atoms with E-state index in [1.165, 1.54) is 17.4 Å². The van der Waals surface area contributed by atoms with Crippen LogP contribution in [0.1, 0.15) is 25.6 Å². The van der Waals surface area contributed by atoms with E-state index in [9.17, 15) is 9.50 Å². The molecule has 1 aromatic heterocycles. The molecule has 0 spiro atoms. The number of aromatic nitrogens is 1. The molecule has 0 radical (unpaired) electrons. The van der Waals surface area contributed by atoms with Gasteiger partial charge < -0.3 is 10.4 Å². The maximum atomic E-state index is 13.7. The van der Waals surface area contributed by atoms with Gasteiger partial charge in [0.15, 0.2) is 0 Å². The Hall–Kier alpha value is -1.46. The summed E-state index contributed by atoms with van der Waals surface area (Å²) >= 11 is 1.45. The first-order valence-corrected chi connectivity index (χ1v) is 6.85. The molecule has 0 fully saturated rings. The number of thiazole rings is 1. The summed E-state index contributed by atoms with van der Waals surface area (Å²) in [5.74, 6) is -0.530. The minimum Gasteiger partial charge on any atom is -0.508 e. The Morgan fingerprint density at radius 1 is 1.37 bits per heavy atom. The monoisotopic (exact) mass is 280 g/mol. The van der Waals surface area contributed by atoms with Crippen molar-refractivity contribution in [1.82, 2.24) is 10.3 Å². The topological polar surface area (TPSA) is 45.2 Å². The van der Waals surface area contributed by atoms with Crippen LogP contribution in [-0.2, 0) is 6.54 Å². The molecular formula is C14H17FN2OS. The van der Waals surface area contributed by atoms with Gasteiger partial charge in [-0.2, -0.15) is 0 Å². The molecule has 0 aliphatic carbocycles. The van der Waals surface area contributed by atoms with E-state index in [1.54, 1.807) is 12.3 Å². The Labute approximate surface area is 116 Å². The van der Waals surface area contributed by atoms with Crippen molar-refractivity contribution in [2.24, 2.45) is 0 Å². The number of phenolic OH excluding ortho intramolecular Hbond substituents is 1. The lowest BCUT2D eigenvalue weighted by Crippen LogP contribution is -2.34. The van der Waals surface area contributed by atoms with Crippen LogP contribution >= 0.6 is 11.3 Å². The number of aromatic hydroxyl groups is 1. The maximum absolute atomic E-state index is 13.7. The molecule has 1 aromatic carbocycles. The Morgan fingerprint density at radius 3 is 2.74 bits per heavy atom. The third-order valence-electron chi connectivity index (χ3n) is 2.53. The Balaban J connectivity index is 2.16. The molecule has 3 nitrogen and oxygen atoms in total. The molecule has 0 atom stereocenters. The molecular weight excluding hydrogens is 263 g/mol. The van der Waals surface area contributed by atoms with Crippen molar-refractivity contribution in [2.75, 3.05) is 0 Å². The van der Waals surface area contributed by atoms with Gasteiger partial charge in [-0.15, -0.1) is 11.3 Å². The number of hydrogen-bond donors (Lipinski definition) is 2. The van der Waals surface area contributed by atoms with Gasteiger partial charge in [0.25, 0.3) is 0 Å². The highest BCUT2D eigenvalue weighted by Gasteiger charge is 2.13. The first-order chi connectivity index (χ1) is 8.85. The quantitative estimate of drug-likeness (QED) is 0.904. The largest absolute Gasteiger partial charge is 0.508 e. The van der Waals surface area contributed by atoms with Crippen molar-refractivity contribution in [1.29, 1.82) is 0 Å². The molecule has 2 aromatic rings. The van der Waals surface area contributed by atoms with Crippen LogP contribution in [0.3, 0.4) is 0 Å². The summed E-state index contributed by atoms with van der Waals surface area (Å²) in [5, 5.41) is 13.2. The highest BCUT2D eigenvalue weighted by Crippen LogP contribution is 2.29. The second-order valence-corrected chi connectivity index (χ2v) is 6.51. The predicted molar refractivity (Wildman–Crippen MR) is 75.8 cm³/mol. The highest BCUT2D eigenvalue weighted by atomic mass is 32.1. The van der Waals surface area contributed by atoms with Gasteiger partial charge in [0.2, 0.25) is 0 Å². The summed E-state index contributed by atoms with van der Waals surface area (Å²) in [4.78, 5) is 5.29. The summed E-state index contributed by atoms with van der Waals surface area (Å²) in [6.07, 6.45) is 1.75. The summed E-state index contributed by atoms with van der Waals surface area (Å²) in [6, 6.07) is 4.11. The van der Waals surface area contributed by atoms with Crippen LogP contribution in [-0.4, -0.2) is 15.6 Å². The van der Waals surface area contributed by atoms with Crippen LogP contribution < -0.4 is 5.32 Å². The number of phenols is 1. The van der Waals surface area contributed by atoms with E-state index in [-0.39, 0.29) is 11.3 Å². The Bertz CT molecular complexity index is 575. The molecule has 2 N–H and O–H groups in total. The van der Waals surface area contributed by atoms with Gasteiger partial charge in [0, 0.05) is 34.8 Å². The van der Waals surface area contributed by atoms with Gasteiger partial charge in [0.05, 0.1) is 0 Å². The van der Waals surface area contributed by atoms with Crippen molar-refractivity contribution in [2.45, 2.75) is 32.9 Å². The van der Waals surface area contributed by atoms with Crippen molar-refractivity contribution >= 4 is 11.3 Å². The SMILES string of the molecule is CC(C)(C)NCc1cnc(-c2ccc(O)cc2F)s1. The smallest absolute Gasteiger partial charge is 0.137 e. The van der Waals surface area contributed by atoms with Crippen LogP contribution in [0, 0.1) is 5.82 Å². The van der Waals surface area contributed by atoms with E-state index in [0.717, 1.165) is 10.9 Å². The zero-order chi connectivity index (χ0) is 14.0. The molecule has 0 bridgehead atoms. The van der Waals surface area contributed by atoms with E-state index in [2.05, 4.69) is 31.1 Å². The summed E-state index contributed by atoms with van der Waals surface area (Å²) in [7, 11) is 0. The molecule has 0 aliphatic heterocycles. The summed E-state index contributed by atoms with van der Waals surface area (Å²) < 4.78 is 13.7. The highest BCUT2D eigenvalue weighted by molar-refractivity contribution is 7.15. The molecule has 2 rings (SSSR count). The minimum atomic E-state index is -0.454. The van der Waals surface area contributed by atoms with Crippen LogP contribution in [0.25, 0.3) is 10.6 Å². The van der Waals surface area contributed by atoms with Crippen molar-refractivity contribution in [3.63, 3.8) is 0 Å². The summed E-state index contributed by atoms with van der Waals surface area (Å²) in [5.41, 5.74) is 0.457. The molecule has 0 aliphatic rings. The molecule has 5 heteroatoms. The molecule has 1 heterocycles. The zero-order valence-corrected chi connectivity index (χ0v) is 12.0. The predicted octanol–water partition coefficient (Wildman–Crippen LogP) is 3.54.